The van der Waals surface area contributed by atoms with Gasteiger partial charge in [0.2, 0.25) is 0 Å². The van der Waals surface area contributed by atoms with E-state index in [1.54, 1.807) is 6.33 Å². The third-order valence-electron chi connectivity index (χ3n) is 5.51. The zero-order valence-electron chi connectivity index (χ0n) is 15.6. The molecule has 0 radical (unpaired) electrons. The van der Waals surface area contributed by atoms with Crippen LogP contribution < -0.4 is 21.1 Å². The lowest BCUT2D eigenvalue weighted by Gasteiger charge is -2.22. The molecule has 2 atom stereocenters. The predicted octanol–water partition coefficient (Wildman–Crippen LogP) is 1.65. The fraction of sp³-hybridized carbons (Fsp3) is 0.500. The summed E-state index contributed by atoms with van der Waals surface area (Å²) in [6.07, 6.45) is 4.15. The molecule has 2 heterocycles. The number of β-amino-alcohol motifs (C(OH)–C–C–N with tert-alkyl or cyclic N) is 1. The van der Waals surface area contributed by atoms with Crippen LogP contribution in [0.3, 0.4) is 0 Å². The highest BCUT2D eigenvalue weighted by molar-refractivity contribution is 5.55. The van der Waals surface area contributed by atoms with Crippen LogP contribution in [0.25, 0.3) is 0 Å². The highest BCUT2D eigenvalue weighted by atomic mass is 16.5. The van der Waals surface area contributed by atoms with E-state index in [2.05, 4.69) is 21.8 Å². The van der Waals surface area contributed by atoms with Crippen molar-refractivity contribution in [2.24, 2.45) is 5.73 Å². The van der Waals surface area contributed by atoms with Gasteiger partial charge in [-0.25, -0.2) is 9.97 Å². The largest absolute Gasteiger partial charge is 0.488 e. The molecule has 2 aliphatic rings. The van der Waals surface area contributed by atoms with Gasteiger partial charge in [-0.1, -0.05) is 0 Å². The van der Waals surface area contributed by atoms with Crippen molar-refractivity contribution >= 4 is 11.5 Å². The maximum atomic E-state index is 9.79. The standard InChI is InChI=1S/C20H27N5O2/c1-20(5-6-20)27-14-2-3-17(22)15(8-14)16(10-21)18-9-19(24-12-23-18)25-7-4-13(26)11-25/h2-3,8-9,12-13,16,26H,4-7,10-11,21-22H2,1H3/t13-,16?/m1/s1. The number of nitrogens with zero attached hydrogens (tertiary/aromatic N) is 3. The molecular weight excluding hydrogens is 342 g/mol. The monoisotopic (exact) mass is 369 g/mol. The van der Waals surface area contributed by atoms with Crippen LogP contribution in [-0.4, -0.2) is 46.4 Å². The molecule has 1 unspecified atom stereocenters. The first-order valence-electron chi connectivity index (χ1n) is 9.51. The minimum absolute atomic E-state index is 0.0513. The van der Waals surface area contributed by atoms with Crippen LogP contribution in [0.1, 0.15) is 43.4 Å². The molecular formula is C20H27N5O2. The molecule has 2 fully saturated rings. The number of nitrogens with two attached hydrogens (primary N) is 2. The van der Waals surface area contributed by atoms with Gasteiger partial charge in [0, 0.05) is 37.3 Å². The van der Waals surface area contributed by atoms with Crippen molar-refractivity contribution in [1.82, 2.24) is 9.97 Å². The van der Waals surface area contributed by atoms with E-state index in [1.807, 2.05) is 24.3 Å². The van der Waals surface area contributed by atoms with E-state index in [1.165, 1.54) is 0 Å². The second-order valence-corrected chi connectivity index (χ2v) is 7.82. The topological polar surface area (TPSA) is 111 Å². The third kappa shape index (κ3) is 3.84. The molecule has 1 aromatic heterocycles. The van der Waals surface area contributed by atoms with E-state index in [0.717, 1.165) is 48.6 Å². The van der Waals surface area contributed by atoms with Gasteiger partial charge in [-0.3, -0.25) is 0 Å². The number of nitrogen functional groups attached to an aromatic ring is 1. The molecule has 1 aliphatic heterocycles. The Bertz CT molecular complexity index is 824. The van der Waals surface area contributed by atoms with Gasteiger partial charge in [-0.15, -0.1) is 0 Å². The average Bonchev–Trinajstić information content (AvgIpc) is 3.21. The maximum absolute atomic E-state index is 9.79. The van der Waals surface area contributed by atoms with Crippen molar-refractivity contribution in [2.45, 2.75) is 43.8 Å². The Hall–Kier alpha value is -2.38. The molecule has 27 heavy (non-hydrogen) atoms. The molecule has 0 amide bonds. The molecule has 0 bridgehead atoms. The summed E-state index contributed by atoms with van der Waals surface area (Å²) in [5.41, 5.74) is 14.7. The summed E-state index contributed by atoms with van der Waals surface area (Å²) in [7, 11) is 0. The molecule has 1 aliphatic carbocycles. The molecule has 2 aromatic rings. The average molecular weight is 369 g/mol. The minimum Gasteiger partial charge on any atom is -0.488 e. The summed E-state index contributed by atoms with van der Waals surface area (Å²) in [5, 5.41) is 9.79. The van der Waals surface area contributed by atoms with E-state index in [0.29, 0.717) is 18.8 Å². The van der Waals surface area contributed by atoms with Gasteiger partial charge in [0.15, 0.2) is 0 Å². The van der Waals surface area contributed by atoms with Crippen LogP contribution in [-0.2, 0) is 0 Å². The Morgan fingerprint density at radius 2 is 2.15 bits per heavy atom. The Morgan fingerprint density at radius 3 is 2.81 bits per heavy atom. The number of ether oxygens (including phenoxy) is 1. The highest BCUT2D eigenvalue weighted by Gasteiger charge is 2.40. The van der Waals surface area contributed by atoms with Gasteiger partial charge in [-0.05, 0) is 49.9 Å². The quantitative estimate of drug-likeness (QED) is 0.664. The van der Waals surface area contributed by atoms with Gasteiger partial charge in [0.05, 0.1) is 11.8 Å². The first-order chi connectivity index (χ1) is 13.0. The van der Waals surface area contributed by atoms with Gasteiger partial charge < -0.3 is 26.2 Å². The summed E-state index contributed by atoms with van der Waals surface area (Å²) >= 11 is 0. The van der Waals surface area contributed by atoms with Crippen LogP contribution in [0, 0.1) is 0 Å². The highest BCUT2D eigenvalue weighted by Crippen LogP contribution is 2.41. The van der Waals surface area contributed by atoms with Crippen LogP contribution in [0.2, 0.25) is 0 Å². The second-order valence-electron chi connectivity index (χ2n) is 7.82. The zero-order chi connectivity index (χ0) is 19.0. The van der Waals surface area contributed by atoms with Crippen molar-refractivity contribution in [2.75, 3.05) is 30.3 Å². The Labute approximate surface area is 159 Å². The lowest BCUT2D eigenvalue weighted by molar-refractivity contribution is 0.198. The predicted molar refractivity (Wildman–Crippen MR) is 105 cm³/mol. The minimum atomic E-state index is -0.304. The molecule has 0 spiro atoms. The molecule has 7 nitrogen and oxygen atoms in total. The second kappa shape index (κ2) is 6.98. The van der Waals surface area contributed by atoms with Crippen molar-refractivity contribution in [3.05, 3.63) is 41.9 Å². The molecule has 5 N–H and O–H groups in total. The van der Waals surface area contributed by atoms with Crippen LogP contribution in [0.5, 0.6) is 5.75 Å². The molecule has 1 saturated heterocycles. The van der Waals surface area contributed by atoms with Crippen LogP contribution in [0.4, 0.5) is 11.5 Å². The Kier molecular flexibility index (Phi) is 4.65. The number of rotatable bonds is 6. The van der Waals surface area contributed by atoms with Gasteiger partial charge in [-0.2, -0.15) is 0 Å². The normalized spacial score (nSPS) is 21.9. The van der Waals surface area contributed by atoms with Gasteiger partial charge in [0.1, 0.15) is 23.5 Å². The zero-order valence-corrected chi connectivity index (χ0v) is 15.6. The van der Waals surface area contributed by atoms with E-state index < -0.39 is 0 Å². The number of aliphatic hydroxyl groups excluding tert-OH is 1. The Balaban J connectivity index is 1.63. The number of anilines is 2. The molecule has 1 aromatic carbocycles. The molecule has 1 saturated carbocycles. The smallest absolute Gasteiger partial charge is 0.132 e. The number of hydrogen-bond acceptors (Lipinski definition) is 7. The fourth-order valence-electron chi connectivity index (χ4n) is 3.56. The summed E-state index contributed by atoms with van der Waals surface area (Å²) in [6.45, 7) is 3.87. The Morgan fingerprint density at radius 1 is 1.33 bits per heavy atom. The van der Waals surface area contributed by atoms with E-state index in [-0.39, 0.29) is 17.6 Å². The van der Waals surface area contributed by atoms with Crippen LogP contribution >= 0.6 is 0 Å². The summed E-state index contributed by atoms with van der Waals surface area (Å²) < 4.78 is 6.09. The first-order valence-corrected chi connectivity index (χ1v) is 9.51. The number of hydrogen-bond donors (Lipinski definition) is 3. The van der Waals surface area contributed by atoms with Crippen molar-refractivity contribution in [3.8, 4) is 5.75 Å². The summed E-state index contributed by atoms with van der Waals surface area (Å²) in [6, 6.07) is 7.72. The maximum Gasteiger partial charge on any atom is 0.132 e. The van der Waals surface area contributed by atoms with E-state index in [4.69, 9.17) is 16.2 Å². The molecule has 144 valence electrons. The van der Waals surface area contributed by atoms with Crippen LogP contribution in [0.15, 0.2) is 30.6 Å². The summed E-state index contributed by atoms with van der Waals surface area (Å²) in [5.74, 6) is 1.48. The number of benzene rings is 1. The van der Waals surface area contributed by atoms with E-state index in [9.17, 15) is 5.11 Å². The van der Waals surface area contributed by atoms with Crippen molar-refractivity contribution < 1.29 is 9.84 Å². The van der Waals surface area contributed by atoms with Crippen molar-refractivity contribution in [1.29, 1.82) is 0 Å². The lowest BCUT2D eigenvalue weighted by atomic mass is 9.93. The van der Waals surface area contributed by atoms with Gasteiger partial charge >= 0.3 is 0 Å². The first kappa shape index (κ1) is 18.0. The molecule has 7 heteroatoms. The fourth-order valence-corrected chi connectivity index (χ4v) is 3.56. The number of aromatic nitrogens is 2. The lowest BCUT2D eigenvalue weighted by Crippen LogP contribution is -2.23. The third-order valence-corrected chi connectivity index (χ3v) is 5.51. The SMILES string of the molecule is CC1(Oc2ccc(N)c(C(CN)c3cc(N4CC[C@@H](O)C4)ncn3)c2)CC1. The molecule has 4 rings (SSSR count). The number of aliphatic hydroxyl groups is 1. The summed E-state index contributed by atoms with van der Waals surface area (Å²) in [4.78, 5) is 10.9. The van der Waals surface area contributed by atoms with Gasteiger partial charge in [0.25, 0.3) is 0 Å². The van der Waals surface area contributed by atoms with Crippen molar-refractivity contribution in [3.63, 3.8) is 0 Å². The van der Waals surface area contributed by atoms with E-state index >= 15 is 0 Å².